The maximum Gasteiger partial charge on any atom is 0.303 e. The average Bonchev–Trinajstić information content (AvgIpc) is 1.99. The van der Waals surface area contributed by atoms with E-state index in [1.54, 1.807) is 0 Å². The zero-order valence-electron chi connectivity index (χ0n) is 8.35. The molecule has 0 heterocycles. The summed E-state index contributed by atoms with van der Waals surface area (Å²) in [7, 11) is -3.33. The Balaban J connectivity index is 2.23. The first kappa shape index (κ1) is 12.4. The van der Waals surface area contributed by atoms with Crippen LogP contribution in [0.15, 0.2) is 0 Å². The van der Waals surface area contributed by atoms with Gasteiger partial charge in [-0.05, 0) is 19.3 Å². The van der Waals surface area contributed by atoms with Crippen LogP contribution in [0.25, 0.3) is 0 Å². The molecule has 0 aromatic heterocycles. The van der Waals surface area contributed by atoms with E-state index in [4.69, 9.17) is 10.8 Å². The van der Waals surface area contributed by atoms with Crippen molar-refractivity contribution in [3.05, 3.63) is 0 Å². The molecule has 0 amide bonds. The molecule has 7 heteroatoms. The highest BCUT2D eigenvalue weighted by Gasteiger charge is 2.29. The largest absolute Gasteiger partial charge is 0.481 e. The number of sulfonamides is 1. The second-order valence-electron chi connectivity index (χ2n) is 3.86. The van der Waals surface area contributed by atoms with Gasteiger partial charge in [-0.1, -0.05) is 0 Å². The Morgan fingerprint density at radius 2 is 2.07 bits per heavy atom. The number of hydrogen-bond acceptors (Lipinski definition) is 4. The van der Waals surface area contributed by atoms with Gasteiger partial charge < -0.3 is 10.8 Å². The summed E-state index contributed by atoms with van der Waals surface area (Å²) in [6, 6.07) is 0.0338. The molecule has 0 atom stereocenters. The fourth-order valence-corrected chi connectivity index (χ4v) is 2.83. The van der Waals surface area contributed by atoms with E-state index in [0.29, 0.717) is 12.8 Å². The molecule has 88 valence electrons. The van der Waals surface area contributed by atoms with Crippen LogP contribution in [0.1, 0.15) is 25.7 Å². The van der Waals surface area contributed by atoms with Crippen LogP contribution < -0.4 is 10.5 Å². The van der Waals surface area contributed by atoms with E-state index in [1.165, 1.54) is 0 Å². The highest BCUT2D eigenvalue weighted by molar-refractivity contribution is 7.89. The van der Waals surface area contributed by atoms with Gasteiger partial charge in [0.2, 0.25) is 10.0 Å². The van der Waals surface area contributed by atoms with Crippen LogP contribution in [-0.4, -0.2) is 37.3 Å². The van der Waals surface area contributed by atoms with Crippen molar-refractivity contribution in [1.82, 2.24) is 4.72 Å². The van der Waals surface area contributed by atoms with Crippen LogP contribution in [0.4, 0.5) is 0 Å². The molecule has 1 saturated carbocycles. The Morgan fingerprint density at radius 1 is 1.47 bits per heavy atom. The van der Waals surface area contributed by atoms with Gasteiger partial charge in [0.1, 0.15) is 0 Å². The molecule has 0 radical (unpaired) electrons. The normalized spacial score (nSPS) is 25.9. The highest BCUT2D eigenvalue weighted by Crippen LogP contribution is 2.18. The highest BCUT2D eigenvalue weighted by atomic mass is 32.2. The molecule has 1 fully saturated rings. The lowest BCUT2D eigenvalue weighted by Gasteiger charge is -2.32. The summed E-state index contributed by atoms with van der Waals surface area (Å²) >= 11 is 0. The summed E-state index contributed by atoms with van der Waals surface area (Å²) < 4.78 is 25.3. The summed E-state index contributed by atoms with van der Waals surface area (Å²) in [5.41, 5.74) is 5.52. The van der Waals surface area contributed by atoms with E-state index in [9.17, 15) is 13.2 Å². The van der Waals surface area contributed by atoms with E-state index < -0.39 is 16.0 Å². The van der Waals surface area contributed by atoms with Gasteiger partial charge in [-0.15, -0.1) is 0 Å². The smallest absolute Gasteiger partial charge is 0.303 e. The molecule has 1 rings (SSSR count). The van der Waals surface area contributed by atoms with Crippen molar-refractivity contribution in [1.29, 1.82) is 0 Å². The maximum atomic E-state index is 11.4. The van der Waals surface area contributed by atoms with Crippen molar-refractivity contribution in [2.45, 2.75) is 37.8 Å². The molecular formula is C8H16N2O4S. The van der Waals surface area contributed by atoms with Crippen LogP contribution >= 0.6 is 0 Å². The van der Waals surface area contributed by atoms with Gasteiger partial charge in [-0.25, -0.2) is 13.1 Å². The Bertz CT molecular complexity index is 322. The number of rotatable bonds is 6. The van der Waals surface area contributed by atoms with Gasteiger partial charge in [-0.2, -0.15) is 0 Å². The topological polar surface area (TPSA) is 109 Å². The van der Waals surface area contributed by atoms with E-state index in [0.717, 1.165) is 0 Å². The lowest BCUT2D eigenvalue weighted by molar-refractivity contribution is -0.137. The molecule has 0 bridgehead atoms. The fourth-order valence-electron chi connectivity index (χ4n) is 1.48. The van der Waals surface area contributed by atoms with Crippen LogP contribution in [0.5, 0.6) is 0 Å². The molecule has 15 heavy (non-hydrogen) atoms. The van der Waals surface area contributed by atoms with Crippen LogP contribution in [-0.2, 0) is 14.8 Å². The van der Waals surface area contributed by atoms with Gasteiger partial charge in [0.25, 0.3) is 0 Å². The van der Waals surface area contributed by atoms with E-state index in [-0.39, 0.29) is 30.7 Å². The van der Waals surface area contributed by atoms with Crippen molar-refractivity contribution < 1.29 is 18.3 Å². The first-order valence-electron chi connectivity index (χ1n) is 4.86. The predicted octanol–water partition coefficient (Wildman–Crippen LogP) is -0.740. The first-order valence-corrected chi connectivity index (χ1v) is 6.51. The number of carboxylic acids is 1. The Morgan fingerprint density at radius 3 is 2.53 bits per heavy atom. The molecule has 4 N–H and O–H groups in total. The number of hydrogen-bond donors (Lipinski definition) is 3. The number of nitrogens with one attached hydrogen (secondary N) is 1. The minimum absolute atomic E-state index is 0.0603. The van der Waals surface area contributed by atoms with Crippen molar-refractivity contribution in [3.63, 3.8) is 0 Å². The Labute approximate surface area is 88.9 Å². The standard InChI is InChI=1S/C8H16N2O4S/c9-6-4-7(5-6)10-15(13,14)3-1-2-8(11)12/h6-7,10H,1-5,9H2,(H,11,12). The quantitative estimate of drug-likeness (QED) is 0.562. The van der Waals surface area contributed by atoms with Gasteiger partial charge in [0.15, 0.2) is 0 Å². The lowest BCUT2D eigenvalue weighted by Crippen LogP contribution is -2.50. The SMILES string of the molecule is NC1CC(NS(=O)(=O)CCCC(=O)O)C1. The lowest BCUT2D eigenvalue weighted by atomic mass is 9.89. The van der Waals surface area contributed by atoms with Gasteiger partial charge in [0, 0.05) is 18.5 Å². The zero-order valence-corrected chi connectivity index (χ0v) is 9.16. The second kappa shape index (κ2) is 4.91. The monoisotopic (exact) mass is 236 g/mol. The molecule has 0 saturated heterocycles. The van der Waals surface area contributed by atoms with E-state index >= 15 is 0 Å². The zero-order chi connectivity index (χ0) is 11.5. The minimum atomic E-state index is -3.33. The Hall–Kier alpha value is -0.660. The maximum absolute atomic E-state index is 11.4. The third-order valence-corrected chi connectivity index (χ3v) is 3.84. The van der Waals surface area contributed by atoms with Crippen molar-refractivity contribution >= 4 is 16.0 Å². The summed E-state index contributed by atoms with van der Waals surface area (Å²) in [6.45, 7) is 0. The number of carbonyl (C=O) groups is 1. The molecule has 0 aromatic rings. The first-order chi connectivity index (χ1) is 6.89. The summed E-state index contributed by atoms with van der Waals surface area (Å²) in [5, 5.41) is 8.35. The fraction of sp³-hybridized carbons (Fsp3) is 0.875. The number of nitrogens with two attached hydrogens (primary N) is 1. The third-order valence-electron chi connectivity index (χ3n) is 2.32. The molecule has 0 aliphatic heterocycles. The number of aliphatic carboxylic acids is 1. The third kappa shape index (κ3) is 4.59. The second-order valence-corrected chi connectivity index (χ2v) is 5.74. The van der Waals surface area contributed by atoms with Gasteiger partial charge in [-0.3, -0.25) is 4.79 Å². The molecule has 0 aromatic carbocycles. The molecule has 6 nitrogen and oxygen atoms in total. The average molecular weight is 236 g/mol. The van der Waals surface area contributed by atoms with Crippen molar-refractivity contribution in [2.75, 3.05) is 5.75 Å². The van der Waals surface area contributed by atoms with Crippen LogP contribution in [0.2, 0.25) is 0 Å². The van der Waals surface area contributed by atoms with E-state index in [2.05, 4.69) is 4.72 Å². The molecule has 0 spiro atoms. The predicted molar refractivity (Wildman–Crippen MR) is 54.8 cm³/mol. The minimum Gasteiger partial charge on any atom is -0.481 e. The van der Waals surface area contributed by atoms with Crippen molar-refractivity contribution in [3.8, 4) is 0 Å². The summed E-state index contributed by atoms with van der Waals surface area (Å²) in [6.07, 6.45) is 1.35. The number of carboxylic acid groups (broad SMARTS) is 1. The molecular weight excluding hydrogens is 220 g/mol. The van der Waals surface area contributed by atoms with Gasteiger partial charge >= 0.3 is 5.97 Å². The Kier molecular flexibility index (Phi) is 4.06. The van der Waals surface area contributed by atoms with Crippen molar-refractivity contribution in [2.24, 2.45) is 5.73 Å². The molecule has 1 aliphatic carbocycles. The van der Waals surface area contributed by atoms with Gasteiger partial charge in [0.05, 0.1) is 5.75 Å². The summed E-state index contributed by atoms with van der Waals surface area (Å²) in [5.74, 6) is -1.11. The van der Waals surface area contributed by atoms with E-state index in [1.807, 2.05) is 0 Å². The molecule has 1 aliphatic rings. The van der Waals surface area contributed by atoms with Crippen LogP contribution in [0, 0.1) is 0 Å². The van der Waals surface area contributed by atoms with Crippen LogP contribution in [0.3, 0.4) is 0 Å². The summed E-state index contributed by atoms with van der Waals surface area (Å²) in [4.78, 5) is 10.2. The molecule has 0 unspecified atom stereocenters.